The van der Waals surface area contributed by atoms with E-state index in [9.17, 15) is 4.79 Å². The molecular weight excluding hydrogens is 140 g/mol. The van der Waals surface area contributed by atoms with Crippen LogP contribution < -0.4 is 0 Å². The maximum absolute atomic E-state index is 10.9. The maximum Gasteiger partial charge on any atom is 0.308 e. The van der Waals surface area contributed by atoms with Crippen molar-refractivity contribution in [3.63, 3.8) is 0 Å². The van der Waals surface area contributed by atoms with Crippen LogP contribution in [0.25, 0.3) is 0 Å². The SMILES string of the molecule is CCCCCC(C)C(=O)OC. The van der Waals surface area contributed by atoms with E-state index in [4.69, 9.17) is 0 Å². The third kappa shape index (κ3) is 4.82. The predicted octanol–water partition coefficient (Wildman–Crippen LogP) is 2.38. The van der Waals surface area contributed by atoms with E-state index in [1.165, 1.54) is 20.0 Å². The minimum atomic E-state index is -0.0823. The highest BCUT2D eigenvalue weighted by Crippen LogP contribution is 2.09. The molecule has 0 radical (unpaired) electrons. The summed E-state index contributed by atoms with van der Waals surface area (Å²) in [5.41, 5.74) is 0. The Bertz CT molecular complexity index is 110. The first-order valence-electron chi connectivity index (χ1n) is 4.30. The lowest BCUT2D eigenvalue weighted by molar-refractivity contribution is -0.145. The number of carbonyl (C=O) groups is 1. The van der Waals surface area contributed by atoms with Crippen molar-refractivity contribution in [3.8, 4) is 0 Å². The lowest BCUT2D eigenvalue weighted by Gasteiger charge is -2.07. The molecule has 0 N–H and O–H groups in total. The van der Waals surface area contributed by atoms with Gasteiger partial charge in [0.05, 0.1) is 13.0 Å². The first kappa shape index (κ1) is 10.5. The molecule has 0 aliphatic heterocycles. The Morgan fingerprint density at radius 3 is 2.55 bits per heavy atom. The second kappa shape index (κ2) is 6.20. The van der Waals surface area contributed by atoms with Gasteiger partial charge >= 0.3 is 5.97 Å². The second-order valence-electron chi connectivity index (χ2n) is 2.92. The van der Waals surface area contributed by atoms with E-state index in [2.05, 4.69) is 11.7 Å². The molecule has 1 atom stereocenters. The molecule has 0 bridgehead atoms. The number of rotatable bonds is 5. The lowest BCUT2D eigenvalue weighted by Crippen LogP contribution is -2.12. The number of hydrogen-bond donors (Lipinski definition) is 0. The van der Waals surface area contributed by atoms with E-state index in [-0.39, 0.29) is 11.9 Å². The Morgan fingerprint density at radius 2 is 2.09 bits per heavy atom. The molecule has 2 nitrogen and oxygen atoms in total. The van der Waals surface area contributed by atoms with Crippen molar-refractivity contribution in [2.45, 2.75) is 39.5 Å². The van der Waals surface area contributed by atoms with Crippen LogP contribution in [0.3, 0.4) is 0 Å². The van der Waals surface area contributed by atoms with Crippen molar-refractivity contribution in [3.05, 3.63) is 0 Å². The van der Waals surface area contributed by atoms with Crippen molar-refractivity contribution in [2.24, 2.45) is 5.92 Å². The van der Waals surface area contributed by atoms with Gasteiger partial charge in [-0.1, -0.05) is 33.1 Å². The molecular formula is C9H18O2. The second-order valence-corrected chi connectivity index (χ2v) is 2.92. The van der Waals surface area contributed by atoms with E-state index in [1.807, 2.05) is 6.92 Å². The maximum atomic E-state index is 10.9. The molecule has 0 aliphatic rings. The fraction of sp³-hybridized carbons (Fsp3) is 0.889. The molecule has 0 aromatic rings. The summed E-state index contributed by atoms with van der Waals surface area (Å²) in [6.07, 6.45) is 4.50. The van der Waals surface area contributed by atoms with E-state index in [0.29, 0.717) is 0 Å². The van der Waals surface area contributed by atoms with Gasteiger partial charge in [-0.05, 0) is 6.42 Å². The van der Waals surface area contributed by atoms with Crippen LogP contribution in [0.4, 0.5) is 0 Å². The van der Waals surface area contributed by atoms with Gasteiger partial charge in [0.2, 0.25) is 0 Å². The van der Waals surface area contributed by atoms with Gasteiger partial charge < -0.3 is 4.74 Å². The third-order valence-corrected chi connectivity index (χ3v) is 1.84. The van der Waals surface area contributed by atoms with E-state index < -0.39 is 0 Å². The predicted molar refractivity (Wildman–Crippen MR) is 45.3 cm³/mol. The van der Waals surface area contributed by atoms with Crippen LogP contribution >= 0.6 is 0 Å². The molecule has 66 valence electrons. The topological polar surface area (TPSA) is 26.3 Å². The largest absolute Gasteiger partial charge is 0.469 e. The molecule has 0 aromatic heterocycles. The molecule has 0 aromatic carbocycles. The smallest absolute Gasteiger partial charge is 0.308 e. The minimum absolute atomic E-state index is 0.0755. The molecule has 1 unspecified atom stereocenters. The number of carbonyl (C=O) groups excluding carboxylic acids is 1. The highest BCUT2D eigenvalue weighted by atomic mass is 16.5. The molecule has 11 heavy (non-hydrogen) atoms. The van der Waals surface area contributed by atoms with Crippen molar-refractivity contribution < 1.29 is 9.53 Å². The number of methoxy groups -OCH3 is 1. The molecule has 0 heterocycles. The first-order valence-corrected chi connectivity index (χ1v) is 4.30. The average molecular weight is 158 g/mol. The molecule has 0 saturated heterocycles. The number of ether oxygens (including phenoxy) is 1. The van der Waals surface area contributed by atoms with Crippen LogP contribution in [0, 0.1) is 5.92 Å². The molecule has 0 amide bonds. The van der Waals surface area contributed by atoms with Crippen LogP contribution in [-0.4, -0.2) is 13.1 Å². The van der Waals surface area contributed by atoms with Gasteiger partial charge in [0.25, 0.3) is 0 Å². The van der Waals surface area contributed by atoms with Gasteiger partial charge in [-0.2, -0.15) is 0 Å². The van der Waals surface area contributed by atoms with Crippen LogP contribution in [-0.2, 0) is 9.53 Å². The minimum Gasteiger partial charge on any atom is -0.469 e. The van der Waals surface area contributed by atoms with Gasteiger partial charge in [0.15, 0.2) is 0 Å². The summed E-state index contributed by atoms with van der Waals surface area (Å²) in [6, 6.07) is 0. The van der Waals surface area contributed by atoms with E-state index in [1.54, 1.807) is 0 Å². The van der Waals surface area contributed by atoms with Crippen molar-refractivity contribution in [1.29, 1.82) is 0 Å². The monoisotopic (exact) mass is 158 g/mol. The summed E-state index contributed by atoms with van der Waals surface area (Å²) in [6.45, 7) is 4.07. The number of unbranched alkanes of at least 4 members (excludes halogenated alkanes) is 2. The highest BCUT2D eigenvalue weighted by molar-refractivity contribution is 5.71. The van der Waals surface area contributed by atoms with Gasteiger partial charge in [-0.15, -0.1) is 0 Å². The third-order valence-electron chi connectivity index (χ3n) is 1.84. The summed E-state index contributed by atoms with van der Waals surface area (Å²) in [5.74, 6) is -0.00680. The quantitative estimate of drug-likeness (QED) is 0.453. The summed E-state index contributed by atoms with van der Waals surface area (Å²) in [4.78, 5) is 10.9. The Balaban J connectivity index is 3.36. The van der Waals surface area contributed by atoms with Crippen LogP contribution in [0.15, 0.2) is 0 Å². The Labute approximate surface area is 68.9 Å². The Morgan fingerprint density at radius 1 is 1.45 bits per heavy atom. The van der Waals surface area contributed by atoms with E-state index in [0.717, 1.165) is 12.8 Å². The van der Waals surface area contributed by atoms with Gasteiger partial charge in [0.1, 0.15) is 0 Å². The van der Waals surface area contributed by atoms with Gasteiger partial charge in [0, 0.05) is 0 Å². The zero-order valence-corrected chi connectivity index (χ0v) is 7.72. The summed E-state index contributed by atoms with van der Waals surface area (Å²) >= 11 is 0. The van der Waals surface area contributed by atoms with E-state index >= 15 is 0 Å². The van der Waals surface area contributed by atoms with Gasteiger partial charge in [-0.25, -0.2) is 0 Å². The van der Waals surface area contributed by atoms with Crippen LogP contribution in [0.5, 0.6) is 0 Å². The molecule has 0 rings (SSSR count). The normalized spacial score (nSPS) is 12.6. The summed E-state index contributed by atoms with van der Waals surface area (Å²) in [5, 5.41) is 0. The fourth-order valence-electron chi connectivity index (χ4n) is 1.02. The standard InChI is InChI=1S/C9H18O2/c1-4-5-6-7-8(2)9(10)11-3/h8H,4-7H2,1-3H3. The zero-order chi connectivity index (χ0) is 8.69. The fourth-order valence-corrected chi connectivity index (χ4v) is 1.02. The summed E-state index contributed by atoms with van der Waals surface area (Å²) in [7, 11) is 1.44. The molecule has 0 fully saturated rings. The zero-order valence-electron chi connectivity index (χ0n) is 7.72. The van der Waals surface area contributed by atoms with Crippen LogP contribution in [0.2, 0.25) is 0 Å². The van der Waals surface area contributed by atoms with Crippen molar-refractivity contribution >= 4 is 5.97 Å². The number of hydrogen-bond acceptors (Lipinski definition) is 2. The highest BCUT2D eigenvalue weighted by Gasteiger charge is 2.11. The van der Waals surface area contributed by atoms with Crippen molar-refractivity contribution in [1.82, 2.24) is 0 Å². The average Bonchev–Trinajstić information content (AvgIpc) is 2.03. The van der Waals surface area contributed by atoms with Crippen LogP contribution in [0.1, 0.15) is 39.5 Å². The lowest BCUT2D eigenvalue weighted by atomic mass is 10.0. The summed E-state index contributed by atoms with van der Waals surface area (Å²) < 4.78 is 4.60. The Kier molecular flexibility index (Phi) is 5.90. The molecule has 0 aliphatic carbocycles. The van der Waals surface area contributed by atoms with Crippen molar-refractivity contribution in [2.75, 3.05) is 7.11 Å². The molecule has 0 spiro atoms. The molecule has 2 heteroatoms. The first-order chi connectivity index (χ1) is 5.22. The molecule has 0 saturated carbocycles. The number of esters is 1. The Hall–Kier alpha value is -0.530. The van der Waals surface area contributed by atoms with Gasteiger partial charge in [-0.3, -0.25) is 4.79 Å².